The molecule has 1 amide bonds. The van der Waals surface area contributed by atoms with Gasteiger partial charge in [-0.2, -0.15) is 0 Å². The van der Waals surface area contributed by atoms with Crippen LogP contribution in [-0.4, -0.2) is 36.9 Å². The van der Waals surface area contributed by atoms with Crippen molar-refractivity contribution in [3.63, 3.8) is 0 Å². The molecule has 0 aliphatic carbocycles. The fourth-order valence-electron chi connectivity index (χ4n) is 3.59. The van der Waals surface area contributed by atoms with Gasteiger partial charge in [-0.25, -0.2) is 0 Å². The van der Waals surface area contributed by atoms with Gasteiger partial charge in [-0.1, -0.05) is 24.3 Å². The van der Waals surface area contributed by atoms with E-state index >= 15 is 0 Å². The zero-order valence-electron chi connectivity index (χ0n) is 16.7. The van der Waals surface area contributed by atoms with Crippen LogP contribution >= 0.6 is 0 Å². The highest BCUT2D eigenvalue weighted by Crippen LogP contribution is 2.26. The van der Waals surface area contributed by atoms with Gasteiger partial charge in [0.25, 0.3) is 0 Å². The maximum absolute atomic E-state index is 12.3. The Morgan fingerprint density at radius 3 is 2.57 bits per heavy atom. The first kappa shape index (κ1) is 22.0. The van der Waals surface area contributed by atoms with Crippen molar-refractivity contribution >= 4 is 5.91 Å². The average molecular weight is 422 g/mol. The van der Waals surface area contributed by atoms with Crippen molar-refractivity contribution in [2.75, 3.05) is 13.7 Å². The summed E-state index contributed by atoms with van der Waals surface area (Å²) in [5, 5.41) is 3.39. The molecular weight excluding hydrogens is 397 g/mol. The molecule has 0 spiro atoms. The van der Waals surface area contributed by atoms with Gasteiger partial charge in [0.2, 0.25) is 5.91 Å². The van der Waals surface area contributed by atoms with Crippen molar-refractivity contribution in [1.82, 2.24) is 10.2 Å². The molecule has 1 aliphatic rings. The summed E-state index contributed by atoms with van der Waals surface area (Å²) in [4.78, 5) is 14.1. The number of carbonyl (C=O) groups is 1. The van der Waals surface area contributed by atoms with Crippen LogP contribution in [0.1, 0.15) is 30.4 Å². The summed E-state index contributed by atoms with van der Waals surface area (Å²) < 4.78 is 45.9. The first-order valence-corrected chi connectivity index (χ1v) is 9.82. The summed E-state index contributed by atoms with van der Waals surface area (Å²) in [6.07, 6.45) is -2.62. The largest absolute Gasteiger partial charge is 0.573 e. The Balaban J connectivity index is 1.49. The van der Waals surface area contributed by atoms with Gasteiger partial charge in [0.05, 0.1) is 7.11 Å². The quantitative estimate of drug-likeness (QED) is 0.614. The second-order valence-corrected chi connectivity index (χ2v) is 7.22. The molecule has 30 heavy (non-hydrogen) atoms. The smallest absolute Gasteiger partial charge is 0.497 e. The number of nitrogens with zero attached hydrogens (tertiary/aromatic N) is 1. The van der Waals surface area contributed by atoms with Crippen LogP contribution in [0.3, 0.4) is 0 Å². The zero-order chi connectivity index (χ0) is 21.6. The molecule has 162 valence electrons. The van der Waals surface area contributed by atoms with Crippen molar-refractivity contribution < 1.29 is 27.4 Å². The van der Waals surface area contributed by atoms with E-state index in [0.717, 1.165) is 36.3 Å². The highest BCUT2D eigenvalue weighted by atomic mass is 19.4. The molecule has 3 rings (SSSR count). The summed E-state index contributed by atoms with van der Waals surface area (Å²) in [5.41, 5.74) is 1.89. The van der Waals surface area contributed by atoms with Gasteiger partial charge < -0.3 is 19.7 Å². The van der Waals surface area contributed by atoms with Crippen LogP contribution in [0.2, 0.25) is 0 Å². The Bertz CT molecular complexity index is 840. The van der Waals surface area contributed by atoms with Crippen LogP contribution in [0, 0.1) is 0 Å². The second kappa shape index (κ2) is 9.84. The second-order valence-electron chi connectivity index (χ2n) is 7.22. The lowest BCUT2D eigenvalue weighted by molar-refractivity contribution is -0.274. The standard InChI is InChI=1S/C22H25F3N2O3/c1-29-20-4-2-3-17(13-20)14-26-12-11-18-7-10-21(28)27(18)15-16-5-8-19(9-6-16)30-22(23,24)25/h2-6,8-9,13,18,26H,7,10-12,14-15H2,1H3. The molecule has 1 unspecified atom stereocenters. The molecular formula is C22H25F3N2O3. The van der Waals surface area contributed by atoms with Crippen molar-refractivity contribution in [2.24, 2.45) is 0 Å². The molecule has 1 saturated heterocycles. The number of alkyl halides is 3. The molecule has 2 aromatic carbocycles. The Morgan fingerprint density at radius 1 is 1.10 bits per heavy atom. The maximum atomic E-state index is 12.3. The normalized spacial score (nSPS) is 16.7. The summed E-state index contributed by atoms with van der Waals surface area (Å²) in [6, 6.07) is 13.6. The number of hydrogen-bond acceptors (Lipinski definition) is 4. The molecule has 0 bridgehead atoms. The minimum Gasteiger partial charge on any atom is -0.497 e. The maximum Gasteiger partial charge on any atom is 0.573 e. The molecule has 0 radical (unpaired) electrons. The Hall–Kier alpha value is -2.74. The minimum absolute atomic E-state index is 0.0726. The van der Waals surface area contributed by atoms with E-state index in [-0.39, 0.29) is 17.7 Å². The van der Waals surface area contributed by atoms with Gasteiger partial charge >= 0.3 is 6.36 Å². The van der Waals surface area contributed by atoms with E-state index in [1.165, 1.54) is 12.1 Å². The van der Waals surface area contributed by atoms with Crippen molar-refractivity contribution in [3.05, 3.63) is 59.7 Å². The fourth-order valence-corrected chi connectivity index (χ4v) is 3.59. The topological polar surface area (TPSA) is 50.8 Å². The average Bonchev–Trinajstić information content (AvgIpc) is 3.05. The Morgan fingerprint density at radius 2 is 1.87 bits per heavy atom. The number of ether oxygens (including phenoxy) is 2. The van der Waals surface area contributed by atoms with Crippen molar-refractivity contribution in [2.45, 2.75) is 44.8 Å². The van der Waals surface area contributed by atoms with Crippen LogP contribution in [0.5, 0.6) is 11.5 Å². The van der Waals surface area contributed by atoms with Crippen LogP contribution < -0.4 is 14.8 Å². The molecule has 1 fully saturated rings. The summed E-state index contributed by atoms with van der Waals surface area (Å²) in [6.45, 7) is 1.84. The van der Waals surface area contributed by atoms with E-state index < -0.39 is 6.36 Å². The Labute approximate surface area is 173 Å². The SMILES string of the molecule is COc1cccc(CNCCC2CCC(=O)N2Cc2ccc(OC(F)(F)F)cc2)c1. The van der Waals surface area contributed by atoms with Gasteiger partial charge in [0.1, 0.15) is 11.5 Å². The van der Waals surface area contributed by atoms with E-state index in [1.54, 1.807) is 19.2 Å². The monoisotopic (exact) mass is 422 g/mol. The lowest BCUT2D eigenvalue weighted by Gasteiger charge is -2.25. The molecule has 8 heteroatoms. The minimum atomic E-state index is -4.71. The number of benzene rings is 2. The number of amides is 1. The van der Waals surface area contributed by atoms with Crippen LogP contribution in [0.4, 0.5) is 13.2 Å². The van der Waals surface area contributed by atoms with Gasteiger partial charge in [0, 0.05) is 25.6 Å². The fraction of sp³-hybridized carbons (Fsp3) is 0.409. The number of nitrogens with one attached hydrogen (secondary N) is 1. The number of likely N-dealkylation sites (tertiary alicyclic amines) is 1. The highest BCUT2D eigenvalue weighted by molar-refractivity contribution is 5.78. The number of rotatable bonds is 9. The van der Waals surface area contributed by atoms with E-state index in [9.17, 15) is 18.0 Å². The number of hydrogen-bond donors (Lipinski definition) is 1. The van der Waals surface area contributed by atoms with Crippen LogP contribution in [-0.2, 0) is 17.9 Å². The molecule has 0 aromatic heterocycles. The summed E-state index contributed by atoms with van der Waals surface area (Å²) >= 11 is 0. The lowest BCUT2D eigenvalue weighted by Crippen LogP contribution is -2.34. The molecule has 2 aromatic rings. The predicted octanol–water partition coefficient (Wildman–Crippen LogP) is 4.26. The number of methoxy groups -OCH3 is 1. The molecule has 0 saturated carbocycles. The molecule has 1 heterocycles. The van der Waals surface area contributed by atoms with Gasteiger partial charge in [0.15, 0.2) is 0 Å². The van der Waals surface area contributed by atoms with E-state index in [0.29, 0.717) is 19.5 Å². The van der Waals surface area contributed by atoms with E-state index in [1.807, 2.05) is 29.2 Å². The highest BCUT2D eigenvalue weighted by Gasteiger charge is 2.32. The predicted molar refractivity (Wildman–Crippen MR) is 106 cm³/mol. The summed E-state index contributed by atoms with van der Waals surface area (Å²) in [7, 11) is 1.63. The van der Waals surface area contributed by atoms with E-state index in [4.69, 9.17) is 4.74 Å². The van der Waals surface area contributed by atoms with Crippen molar-refractivity contribution in [1.29, 1.82) is 0 Å². The number of carbonyl (C=O) groups excluding carboxylic acids is 1. The van der Waals surface area contributed by atoms with Gasteiger partial charge in [-0.15, -0.1) is 13.2 Å². The lowest BCUT2D eigenvalue weighted by atomic mass is 10.1. The molecule has 1 N–H and O–H groups in total. The van der Waals surface area contributed by atoms with Gasteiger partial charge in [-0.3, -0.25) is 4.79 Å². The first-order chi connectivity index (χ1) is 14.3. The van der Waals surface area contributed by atoms with Crippen LogP contribution in [0.15, 0.2) is 48.5 Å². The van der Waals surface area contributed by atoms with E-state index in [2.05, 4.69) is 10.1 Å². The van der Waals surface area contributed by atoms with Crippen molar-refractivity contribution in [3.8, 4) is 11.5 Å². The third-order valence-corrected chi connectivity index (χ3v) is 5.08. The van der Waals surface area contributed by atoms with Crippen LogP contribution in [0.25, 0.3) is 0 Å². The summed E-state index contributed by atoms with van der Waals surface area (Å²) in [5.74, 6) is 0.620. The first-order valence-electron chi connectivity index (χ1n) is 9.82. The molecule has 1 atom stereocenters. The third kappa shape index (κ3) is 6.38. The Kier molecular flexibility index (Phi) is 7.20. The molecule has 1 aliphatic heterocycles. The third-order valence-electron chi connectivity index (χ3n) is 5.08. The number of halogens is 3. The molecule has 5 nitrogen and oxygen atoms in total. The van der Waals surface area contributed by atoms with Gasteiger partial charge in [-0.05, 0) is 54.8 Å². The zero-order valence-corrected chi connectivity index (χ0v) is 16.7.